The molecule has 2 aromatic carbocycles. The van der Waals surface area contributed by atoms with Gasteiger partial charge in [-0.05, 0) is 86.1 Å². The summed E-state index contributed by atoms with van der Waals surface area (Å²) in [6.07, 6.45) is 4.35. The molecular formula is C28H31N3O4S. The quantitative estimate of drug-likeness (QED) is 0.360. The molecule has 0 bridgehead atoms. The van der Waals surface area contributed by atoms with Crippen molar-refractivity contribution >= 4 is 37.7 Å². The first kappa shape index (κ1) is 24.5. The smallest absolute Gasteiger partial charge is 0.251 e. The highest BCUT2D eigenvalue weighted by molar-refractivity contribution is 7.91. The summed E-state index contributed by atoms with van der Waals surface area (Å²) in [5.74, 6) is -0.156. The molecule has 2 aromatic heterocycles. The number of rotatable bonds is 5. The monoisotopic (exact) mass is 505 g/mol. The van der Waals surface area contributed by atoms with Crippen molar-refractivity contribution in [3.05, 3.63) is 59.3 Å². The van der Waals surface area contributed by atoms with Crippen LogP contribution >= 0.6 is 0 Å². The number of carbonyl (C=O) groups excluding carboxylic acids is 1. The van der Waals surface area contributed by atoms with Crippen LogP contribution in [0.1, 0.15) is 54.1 Å². The Hall–Kier alpha value is -3.23. The standard InChI is InChI=1S/C28H31N3O4S/c1-4-36(34,35)21-7-5-6-18(13-21)23-14-22(28(33)30-19-8-10-20(32)11-9-19)17(3)26-25(23)24-12-16(2)15-29-27(24)31-26/h5-7,12-15,19-20,32H,4,8-11H2,1-3H3,(H,29,31)(H,30,33). The van der Waals surface area contributed by atoms with Crippen LogP contribution < -0.4 is 5.32 Å². The second-order valence-corrected chi connectivity index (χ2v) is 12.1. The first-order valence-corrected chi connectivity index (χ1v) is 14.1. The fourth-order valence-electron chi connectivity index (χ4n) is 5.17. The number of aromatic nitrogens is 2. The van der Waals surface area contributed by atoms with Crippen molar-refractivity contribution in [3.8, 4) is 11.1 Å². The molecule has 0 spiro atoms. The summed E-state index contributed by atoms with van der Waals surface area (Å²) in [7, 11) is -3.40. The highest BCUT2D eigenvalue weighted by atomic mass is 32.2. The number of hydrogen-bond acceptors (Lipinski definition) is 5. The van der Waals surface area contributed by atoms with Crippen molar-refractivity contribution in [2.24, 2.45) is 0 Å². The summed E-state index contributed by atoms with van der Waals surface area (Å²) in [4.78, 5) is 21.7. The molecule has 0 unspecified atom stereocenters. The molecule has 1 fully saturated rings. The SMILES string of the molecule is CCS(=O)(=O)c1cccc(-c2cc(C(=O)NC3CCC(O)CC3)c(C)c3[nH]c4ncc(C)cc4c23)c1. The second-order valence-electron chi connectivity index (χ2n) is 9.79. The largest absolute Gasteiger partial charge is 0.393 e. The maximum atomic E-state index is 13.5. The summed E-state index contributed by atoms with van der Waals surface area (Å²) >= 11 is 0. The predicted octanol–water partition coefficient (Wildman–Crippen LogP) is 4.83. The Morgan fingerprint density at radius 1 is 1.14 bits per heavy atom. The molecule has 188 valence electrons. The molecule has 3 N–H and O–H groups in total. The van der Waals surface area contributed by atoms with Gasteiger partial charge >= 0.3 is 0 Å². The van der Waals surface area contributed by atoms with Crippen LogP contribution in [-0.2, 0) is 9.84 Å². The summed E-state index contributed by atoms with van der Waals surface area (Å²) in [5, 5.41) is 14.8. The van der Waals surface area contributed by atoms with Gasteiger partial charge in [0.15, 0.2) is 9.84 Å². The van der Waals surface area contributed by atoms with E-state index in [4.69, 9.17) is 0 Å². The van der Waals surface area contributed by atoms with Crippen LogP contribution in [0.4, 0.5) is 0 Å². The van der Waals surface area contributed by atoms with Gasteiger partial charge < -0.3 is 15.4 Å². The highest BCUT2D eigenvalue weighted by Gasteiger charge is 2.25. The van der Waals surface area contributed by atoms with E-state index in [1.165, 1.54) is 0 Å². The number of nitrogens with zero attached hydrogens (tertiary/aromatic N) is 1. The van der Waals surface area contributed by atoms with E-state index in [-0.39, 0.29) is 28.7 Å². The number of fused-ring (bicyclic) bond motifs is 3. The predicted molar refractivity (Wildman–Crippen MR) is 142 cm³/mol. The molecule has 1 amide bonds. The van der Waals surface area contributed by atoms with Crippen LogP contribution in [0.25, 0.3) is 33.1 Å². The lowest BCUT2D eigenvalue weighted by Gasteiger charge is -2.26. The molecule has 1 saturated carbocycles. The summed E-state index contributed by atoms with van der Waals surface area (Å²) in [6.45, 7) is 5.54. The number of aryl methyl sites for hydroxylation is 2. The zero-order chi connectivity index (χ0) is 25.6. The summed E-state index contributed by atoms with van der Waals surface area (Å²) < 4.78 is 25.3. The number of sulfone groups is 1. The maximum Gasteiger partial charge on any atom is 0.251 e. The van der Waals surface area contributed by atoms with Crippen LogP contribution in [0.15, 0.2) is 47.5 Å². The van der Waals surface area contributed by atoms with Gasteiger partial charge in [0, 0.05) is 28.6 Å². The minimum atomic E-state index is -3.40. The third-order valence-electron chi connectivity index (χ3n) is 7.28. The van der Waals surface area contributed by atoms with Gasteiger partial charge in [0.1, 0.15) is 5.65 Å². The number of amides is 1. The number of pyridine rings is 1. The molecule has 0 atom stereocenters. The van der Waals surface area contributed by atoms with Crippen LogP contribution in [0, 0.1) is 13.8 Å². The van der Waals surface area contributed by atoms with Crippen molar-refractivity contribution in [2.75, 3.05) is 5.75 Å². The molecular weight excluding hydrogens is 474 g/mol. The fraction of sp³-hybridized carbons (Fsp3) is 0.357. The number of benzene rings is 2. The van der Waals surface area contributed by atoms with Crippen molar-refractivity contribution in [2.45, 2.75) is 63.5 Å². The normalized spacial score (nSPS) is 18.6. The minimum Gasteiger partial charge on any atom is -0.393 e. The van der Waals surface area contributed by atoms with Crippen molar-refractivity contribution < 1.29 is 18.3 Å². The summed E-state index contributed by atoms with van der Waals surface area (Å²) in [6, 6.07) is 10.9. The van der Waals surface area contributed by atoms with Gasteiger partial charge in [-0.1, -0.05) is 19.1 Å². The Morgan fingerprint density at radius 2 is 1.89 bits per heavy atom. The third-order valence-corrected chi connectivity index (χ3v) is 9.02. The molecule has 1 aliphatic rings. The van der Waals surface area contributed by atoms with E-state index >= 15 is 0 Å². The zero-order valence-electron chi connectivity index (χ0n) is 20.8. The number of H-pyrrole nitrogens is 1. The van der Waals surface area contributed by atoms with E-state index in [2.05, 4.69) is 21.4 Å². The molecule has 36 heavy (non-hydrogen) atoms. The Labute approximate surface area is 210 Å². The summed E-state index contributed by atoms with van der Waals surface area (Å²) in [5.41, 5.74) is 5.41. The molecule has 8 heteroatoms. The number of hydrogen-bond donors (Lipinski definition) is 3. The van der Waals surface area contributed by atoms with E-state index in [1.54, 1.807) is 31.3 Å². The lowest BCUT2D eigenvalue weighted by molar-refractivity contribution is 0.0867. The number of aliphatic hydroxyl groups is 1. The van der Waals surface area contributed by atoms with Gasteiger partial charge in [0.05, 0.1) is 22.3 Å². The topological polar surface area (TPSA) is 112 Å². The highest BCUT2D eigenvalue weighted by Crippen LogP contribution is 2.38. The number of aromatic amines is 1. The number of aliphatic hydroxyl groups excluding tert-OH is 1. The molecule has 7 nitrogen and oxygen atoms in total. The first-order chi connectivity index (χ1) is 17.2. The van der Waals surface area contributed by atoms with Gasteiger partial charge in [-0.2, -0.15) is 0 Å². The molecule has 5 rings (SSSR count). The van der Waals surface area contributed by atoms with Gasteiger partial charge in [0.2, 0.25) is 0 Å². The van der Waals surface area contributed by atoms with Crippen LogP contribution in [0.5, 0.6) is 0 Å². The molecule has 2 heterocycles. The maximum absolute atomic E-state index is 13.5. The van der Waals surface area contributed by atoms with Crippen molar-refractivity contribution in [1.29, 1.82) is 0 Å². The Bertz CT molecular complexity index is 1580. The number of carbonyl (C=O) groups is 1. The van der Waals surface area contributed by atoms with E-state index in [0.29, 0.717) is 18.4 Å². The average Bonchev–Trinajstić information content (AvgIpc) is 3.25. The van der Waals surface area contributed by atoms with E-state index < -0.39 is 9.84 Å². The van der Waals surface area contributed by atoms with E-state index in [9.17, 15) is 18.3 Å². The Balaban J connectivity index is 1.71. The average molecular weight is 506 g/mol. The lowest BCUT2D eigenvalue weighted by atomic mass is 9.91. The van der Waals surface area contributed by atoms with Crippen molar-refractivity contribution in [3.63, 3.8) is 0 Å². The second kappa shape index (κ2) is 9.33. The third kappa shape index (κ3) is 4.40. The van der Waals surface area contributed by atoms with Crippen LogP contribution in [0.3, 0.4) is 0 Å². The van der Waals surface area contributed by atoms with Gasteiger partial charge in [0.25, 0.3) is 5.91 Å². The Morgan fingerprint density at radius 3 is 2.61 bits per heavy atom. The molecule has 0 radical (unpaired) electrons. The molecule has 1 aliphatic carbocycles. The molecule has 0 aliphatic heterocycles. The first-order valence-electron chi connectivity index (χ1n) is 12.4. The van der Waals surface area contributed by atoms with Gasteiger partial charge in [-0.15, -0.1) is 0 Å². The van der Waals surface area contributed by atoms with E-state index in [0.717, 1.165) is 57.0 Å². The van der Waals surface area contributed by atoms with Gasteiger partial charge in [-0.25, -0.2) is 13.4 Å². The minimum absolute atomic E-state index is 0.0136. The van der Waals surface area contributed by atoms with Gasteiger partial charge in [-0.3, -0.25) is 4.79 Å². The zero-order valence-corrected chi connectivity index (χ0v) is 21.6. The molecule has 0 saturated heterocycles. The molecule has 4 aromatic rings. The Kier molecular flexibility index (Phi) is 6.34. The number of nitrogens with one attached hydrogen (secondary N) is 2. The fourth-order valence-corrected chi connectivity index (χ4v) is 6.09. The lowest BCUT2D eigenvalue weighted by Crippen LogP contribution is -2.38. The van der Waals surface area contributed by atoms with Crippen LogP contribution in [0.2, 0.25) is 0 Å². The van der Waals surface area contributed by atoms with Crippen molar-refractivity contribution in [1.82, 2.24) is 15.3 Å². The van der Waals surface area contributed by atoms with Crippen LogP contribution in [-0.4, -0.2) is 47.3 Å². The van der Waals surface area contributed by atoms with E-state index in [1.807, 2.05) is 26.0 Å².